The number of hydrogen-bond donors (Lipinski definition) is 0. The van der Waals surface area contributed by atoms with Gasteiger partial charge in [0, 0.05) is 18.2 Å². The largest absolute Gasteiger partial charge is 0.356 e. The topological polar surface area (TPSA) is 51.8 Å². The Balaban J connectivity index is 2.10. The van der Waals surface area contributed by atoms with Crippen LogP contribution in [-0.2, 0) is 0 Å². The highest BCUT2D eigenvalue weighted by Crippen LogP contribution is 2.42. The monoisotopic (exact) mass is 201 g/mol. The lowest BCUT2D eigenvalue weighted by atomic mass is 10.1. The molecule has 0 aliphatic heterocycles. The molecule has 4 heteroatoms. The summed E-state index contributed by atoms with van der Waals surface area (Å²) in [4.78, 5) is 8.37. The molecule has 0 saturated heterocycles. The van der Waals surface area contributed by atoms with Crippen molar-refractivity contribution in [2.24, 2.45) is 0 Å². The Labute approximate surface area is 87.3 Å². The zero-order chi connectivity index (χ0) is 10.3. The van der Waals surface area contributed by atoms with E-state index in [9.17, 15) is 0 Å². The van der Waals surface area contributed by atoms with Gasteiger partial charge in [0.2, 0.25) is 0 Å². The lowest BCUT2D eigenvalue weighted by molar-refractivity contribution is 0.426. The van der Waals surface area contributed by atoms with Crippen molar-refractivity contribution in [2.75, 3.05) is 0 Å². The predicted molar refractivity (Wildman–Crippen MR) is 54.2 cm³/mol. The van der Waals surface area contributed by atoms with Crippen molar-refractivity contribution in [3.8, 4) is 11.3 Å². The number of aromatic nitrogens is 3. The van der Waals surface area contributed by atoms with E-state index in [1.807, 2.05) is 13.0 Å². The first-order valence-corrected chi connectivity index (χ1v) is 5.08. The van der Waals surface area contributed by atoms with Crippen molar-refractivity contribution in [1.29, 1.82) is 0 Å². The maximum Gasteiger partial charge on any atom is 0.170 e. The van der Waals surface area contributed by atoms with Gasteiger partial charge in [-0.1, -0.05) is 5.16 Å². The van der Waals surface area contributed by atoms with Gasteiger partial charge >= 0.3 is 0 Å². The van der Waals surface area contributed by atoms with Crippen LogP contribution < -0.4 is 0 Å². The van der Waals surface area contributed by atoms with E-state index < -0.39 is 0 Å². The molecule has 0 N–H and O–H groups in total. The van der Waals surface area contributed by atoms with Crippen molar-refractivity contribution in [1.82, 2.24) is 15.1 Å². The Morgan fingerprint density at radius 2 is 2.27 bits per heavy atom. The second-order valence-corrected chi connectivity index (χ2v) is 3.93. The molecule has 1 saturated carbocycles. The fourth-order valence-electron chi connectivity index (χ4n) is 1.70. The molecule has 0 unspecified atom stereocenters. The molecule has 0 bridgehead atoms. The van der Waals surface area contributed by atoms with E-state index in [2.05, 4.69) is 15.1 Å². The molecular weight excluding hydrogens is 190 g/mol. The first-order valence-electron chi connectivity index (χ1n) is 5.08. The molecule has 0 atom stereocenters. The molecule has 4 nitrogen and oxygen atoms in total. The van der Waals surface area contributed by atoms with Crippen molar-refractivity contribution >= 4 is 0 Å². The number of aryl methyl sites for hydroxylation is 1. The first kappa shape index (κ1) is 8.59. The van der Waals surface area contributed by atoms with Crippen LogP contribution in [0.2, 0.25) is 0 Å². The fourth-order valence-corrected chi connectivity index (χ4v) is 1.70. The van der Waals surface area contributed by atoms with Gasteiger partial charge in [-0.25, -0.2) is 9.97 Å². The van der Waals surface area contributed by atoms with Crippen LogP contribution in [0.5, 0.6) is 0 Å². The SMILES string of the molecule is Cc1cc(-c2cncnc2C2CC2)on1. The van der Waals surface area contributed by atoms with Crippen molar-refractivity contribution < 1.29 is 4.52 Å². The number of rotatable bonds is 2. The van der Waals surface area contributed by atoms with Crippen LogP contribution in [-0.4, -0.2) is 15.1 Å². The summed E-state index contributed by atoms with van der Waals surface area (Å²) in [6, 6.07) is 1.92. The Hall–Kier alpha value is -1.71. The summed E-state index contributed by atoms with van der Waals surface area (Å²) in [5.41, 5.74) is 2.97. The highest BCUT2D eigenvalue weighted by atomic mass is 16.5. The van der Waals surface area contributed by atoms with E-state index in [1.54, 1.807) is 12.5 Å². The van der Waals surface area contributed by atoms with Gasteiger partial charge in [0.05, 0.1) is 17.0 Å². The molecule has 2 aromatic rings. The Morgan fingerprint density at radius 3 is 2.93 bits per heavy atom. The van der Waals surface area contributed by atoms with E-state index in [0.29, 0.717) is 5.92 Å². The molecule has 0 aromatic carbocycles. The number of nitrogens with zero attached hydrogens (tertiary/aromatic N) is 3. The Kier molecular flexibility index (Phi) is 1.80. The van der Waals surface area contributed by atoms with Crippen LogP contribution in [0.3, 0.4) is 0 Å². The van der Waals surface area contributed by atoms with Crippen molar-refractivity contribution in [2.45, 2.75) is 25.7 Å². The Bertz CT molecular complexity index is 488. The smallest absolute Gasteiger partial charge is 0.170 e. The molecule has 2 heterocycles. The third-order valence-electron chi connectivity index (χ3n) is 2.60. The van der Waals surface area contributed by atoms with Crippen molar-refractivity contribution in [3.63, 3.8) is 0 Å². The van der Waals surface area contributed by atoms with E-state index in [4.69, 9.17) is 4.52 Å². The quantitative estimate of drug-likeness (QED) is 0.748. The van der Waals surface area contributed by atoms with Crippen molar-refractivity contribution in [3.05, 3.63) is 30.0 Å². The molecule has 1 aliphatic rings. The maximum atomic E-state index is 5.24. The van der Waals surface area contributed by atoms with Gasteiger partial charge in [-0.3, -0.25) is 0 Å². The third-order valence-corrected chi connectivity index (χ3v) is 2.60. The van der Waals surface area contributed by atoms with Crippen LogP contribution in [0, 0.1) is 6.92 Å². The minimum absolute atomic E-state index is 0.591. The van der Waals surface area contributed by atoms with E-state index in [-0.39, 0.29) is 0 Å². The van der Waals surface area contributed by atoms with Gasteiger partial charge in [-0.15, -0.1) is 0 Å². The summed E-state index contributed by atoms with van der Waals surface area (Å²) in [5.74, 6) is 1.36. The molecule has 76 valence electrons. The molecule has 1 fully saturated rings. The summed E-state index contributed by atoms with van der Waals surface area (Å²) in [5, 5.41) is 3.88. The van der Waals surface area contributed by atoms with E-state index in [1.165, 1.54) is 12.8 Å². The minimum atomic E-state index is 0.591. The summed E-state index contributed by atoms with van der Waals surface area (Å²) < 4.78 is 5.24. The highest BCUT2D eigenvalue weighted by molar-refractivity contribution is 5.60. The zero-order valence-corrected chi connectivity index (χ0v) is 8.47. The van der Waals surface area contributed by atoms with Crippen LogP contribution in [0.25, 0.3) is 11.3 Å². The molecule has 2 aromatic heterocycles. The standard InChI is InChI=1S/C11H11N3O/c1-7-4-10(15-14-7)9-5-12-6-13-11(9)8-2-3-8/h4-6,8H,2-3H2,1H3. The second-order valence-electron chi connectivity index (χ2n) is 3.93. The van der Waals surface area contributed by atoms with Gasteiger partial charge in [0.1, 0.15) is 6.33 Å². The lowest BCUT2D eigenvalue weighted by Gasteiger charge is -2.01. The van der Waals surface area contributed by atoms with Crippen LogP contribution in [0.1, 0.15) is 30.1 Å². The molecule has 15 heavy (non-hydrogen) atoms. The first-order chi connectivity index (χ1) is 7.34. The normalized spacial score (nSPS) is 15.5. The highest BCUT2D eigenvalue weighted by Gasteiger charge is 2.28. The van der Waals surface area contributed by atoms with Gasteiger partial charge in [0.25, 0.3) is 0 Å². The second kappa shape index (κ2) is 3.15. The zero-order valence-electron chi connectivity index (χ0n) is 8.47. The maximum absolute atomic E-state index is 5.24. The van der Waals surface area contributed by atoms with Crippen LogP contribution >= 0.6 is 0 Å². The Morgan fingerprint density at radius 1 is 1.40 bits per heavy atom. The van der Waals surface area contributed by atoms with Gasteiger partial charge in [-0.2, -0.15) is 0 Å². The molecule has 0 spiro atoms. The van der Waals surface area contributed by atoms with Gasteiger partial charge in [0.15, 0.2) is 5.76 Å². The average molecular weight is 201 g/mol. The average Bonchev–Trinajstić information content (AvgIpc) is 3.02. The number of hydrogen-bond acceptors (Lipinski definition) is 4. The van der Waals surface area contributed by atoms with E-state index in [0.717, 1.165) is 22.7 Å². The van der Waals surface area contributed by atoms with Gasteiger partial charge in [-0.05, 0) is 19.8 Å². The third kappa shape index (κ3) is 1.52. The summed E-state index contributed by atoms with van der Waals surface area (Å²) in [6.45, 7) is 1.91. The predicted octanol–water partition coefficient (Wildman–Crippen LogP) is 2.32. The van der Waals surface area contributed by atoms with Gasteiger partial charge < -0.3 is 4.52 Å². The van der Waals surface area contributed by atoms with Crippen LogP contribution in [0.4, 0.5) is 0 Å². The molecule has 1 aliphatic carbocycles. The molecule has 3 rings (SSSR count). The van der Waals surface area contributed by atoms with Crippen LogP contribution in [0.15, 0.2) is 23.1 Å². The summed E-state index contributed by atoms with van der Waals surface area (Å²) in [7, 11) is 0. The summed E-state index contributed by atoms with van der Waals surface area (Å²) in [6.07, 6.45) is 5.84. The molecular formula is C11H11N3O. The van der Waals surface area contributed by atoms with E-state index >= 15 is 0 Å². The molecule has 0 radical (unpaired) electrons. The fraction of sp³-hybridized carbons (Fsp3) is 0.364. The minimum Gasteiger partial charge on any atom is -0.356 e. The lowest BCUT2D eigenvalue weighted by Crippen LogP contribution is -1.92. The molecule has 0 amide bonds. The summed E-state index contributed by atoms with van der Waals surface area (Å²) >= 11 is 0.